The van der Waals surface area contributed by atoms with E-state index in [1.807, 2.05) is 19.2 Å². The molecule has 9 nitrogen and oxygen atoms in total. The van der Waals surface area contributed by atoms with Crippen LogP contribution in [0.2, 0.25) is 0 Å². The first kappa shape index (κ1) is 32.3. The van der Waals surface area contributed by atoms with Gasteiger partial charge in [-0.25, -0.2) is 23.3 Å². The van der Waals surface area contributed by atoms with Gasteiger partial charge < -0.3 is 20.1 Å². The summed E-state index contributed by atoms with van der Waals surface area (Å²) in [4.78, 5) is 16.1. The zero-order chi connectivity index (χ0) is 30.4. The number of carboxylic acid groups (broad SMARTS) is 1. The Morgan fingerprint density at radius 3 is 2.32 bits per heavy atom. The number of piperidine rings is 1. The van der Waals surface area contributed by atoms with Crippen LogP contribution in [0.4, 0.5) is 24.0 Å². The lowest BCUT2D eigenvalue weighted by Crippen LogP contribution is -2.32. The number of halogens is 3. The number of sulfonamides is 1. The van der Waals surface area contributed by atoms with E-state index in [0.29, 0.717) is 22.5 Å². The maximum atomic E-state index is 11.8. The number of hydrogen-bond donors (Lipinski definition) is 3. The maximum Gasteiger partial charge on any atom is 0.490 e. The molecule has 0 unspecified atom stereocenters. The van der Waals surface area contributed by atoms with Gasteiger partial charge in [0.15, 0.2) is 5.13 Å². The molecule has 1 saturated heterocycles. The smallest absolute Gasteiger partial charge is 0.489 e. The first-order chi connectivity index (χ1) is 19.2. The van der Waals surface area contributed by atoms with Crippen LogP contribution in [0.3, 0.4) is 0 Å². The number of hydrogen-bond acceptors (Lipinski definition) is 8. The number of alkyl halides is 3. The van der Waals surface area contributed by atoms with E-state index in [9.17, 15) is 21.6 Å². The molecule has 0 saturated carbocycles. The van der Waals surface area contributed by atoms with Gasteiger partial charge >= 0.3 is 12.1 Å². The average Bonchev–Trinajstić information content (AvgIpc) is 3.37. The van der Waals surface area contributed by atoms with E-state index < -0.39 is 22.2 Å². The standard InChI is InChI=1S/C25H32N4O3S2.C2HF3O2/c1-4-29-13-11-19(12-14-29)18-5-7-20(8-6-18)23-16-33-25(28-23)27-22-15-21(34(26,30)31)9-10-24(22)32-17(2)3;3-2(4,5)1(6)7/h5-10,15-17,19H,4,11-14H2,1-3H3,(H,27,28)(H2,26,30,31);(H,6,7). The van der Waals surface area contributed by atoms with Gasteiger partial charge in [0.2, 0.25) is 10.0 Å². The summed E-state index contributed by atoms with van der Waals surface area (Å²) >= 11 is 1.45. The number of aromatic nitrogens is 1. The third-order valence-electron chi connectivity index (χ3n) is 6.34. The molecule has 0 aliphatic carbocycles. The van der Waals surface area contributed by atoms with Crippen molar-refractivity contribution in [3.63, 3.8) is 0 Å². The van der Waals surface area contributed by atoms with Crippen molar-refractivity contribution in [3.8, 4) is 17.0 Å². The number of ether oxygens (including phenoxy) is 1. The zero-order valence-electron chi connectivity index (χ0n) is 22.8. The fourth-order valence-corrected chi connectivity index (χ4v) is 5.50. The first-order valence-electron chi connectivity index (χ1n) is 12.9. The molecule has 14 heteroatoms. The number of benzene rings is 2. The predicted molar refractivity (Wildman–Crippen MR) is 152 cm³/mol. The highest BCUT2D eigenvalue weighted by Crippen LogP contribution is 2.35. The molecule has 1 aromatic heterocycles. The number of primary sulfonamides is 1. The minimum absolute atomic E-state index is 0.0169. The molecule has 2 aromatic carbocycles. The van der Waals surface area contributed by atoms with Crippen molar-refractivity contribution in [2.45, 2.75) is 56.7 Å². The number of nitrogens with two attached hydrogens (primary N) is 1. The fraction of sp³-hybridized carbons (Fsp3) is 0.407. The SMILES string of the molecule is CCN1CCC(c2ccc(-c3csc(Nc4cc(S(N)(=O)=O)ccc4OC(C)C)n3)cc2)CC1.O=C(O)C(F)(F)F. The van der Waals surface area contributed by atoms with Gasteiger partial charge in [-0.05, 0) is 76.0 Å². The van der Waals surface area contributed by atoms with Crippen LogP contribution < -0.4 is 15.2 Å². The zero-order valence-corrected chi connectivity index (χ0v) is 24.4. The van der Waals surface area contributed by atoms with Crippen molar-refractivity contribution in [2.75, 3.05) is 25.0 Å². The Labute approximate surface area is 241 Å². The lowest BCUT2D eigenvalue weighted by molar-refractivity contribution is -0.192. The van der Waals surface area contributed by atoms with Crippen LogP contribution in [0, 0.1) is 0 Å². The van der Waals surface area contributed by atoms with Gasteiger partial charge in [0, 0.05) is 10.9 Å². The maximum absolute atomic E-state index is 11.8. The van der Waals surface area contributed by atoms with E-state index in [0.717, 1.165) is 17.8 Å². The minimum Gasteiger partial charge on any atom is -0.489 e. The summed E-state index contributed by atoms with van der Waals surface area (Å²) in [5.41, 5.74) is 3.82. The number of carboxylic acids is 1. The molecule has 1 aliphatic heterocycles. The number of carbonyl (C=O) groups is 1. The van der Waals surface area contributed by atoms with Crippen molar-refractivity contribution in [1.29, 1.82) is 0 Å². The van der Waals surface area contributed by atoms with Crippen molar-refractivity contribution in [3.05, 3.63) is 53.4 Å². The van der Waals surface area contributed by atoms with Crippen molar-refractivity contribution in [1.82, 2.24) is 9.88 Å². The second kappa shape index (κ2) is 13.6. The lowest BCUT2D eigenvalue weighted by Gasteiger charge is -2.31. The van der Waals surface area contributed by atoms with Crippen LogP contribution in [0.25, 0.3) is 11.3 Å². The van der Waals surface area contributed by atoms with Gasteiger partial charge in [0.1, 0.15) is 5.75 Å². The molecule has 0 atom stereocenters. The number of likely N-dealkylation sites (tertiary alicyclic amines) is 1. The molecular formula is C27H33F3N4O5S2. The van der Waals surface area contributed by atoms with Crippen LogP contribution >= 0.6 is 11.3 Å². The number of rotatable bonds is 8. The molecule has 2 heterocycles. The second-order valence-electron chi connectivity index (χ2n) is 9.67. The third kappa shape index (κ3) is 9.42. The van der Waals surface area contributed by atoms with Gasteiger partial charge in [0.25, 0.3) is 0 Å². The average molecular weight is 615 g/mol. The van der Waals surface area contributed by atoms with E-state index in [-0.39, 0.29) is 11.0 Å². The number of thiazole rings is 1. The lowest BCUT2D eigenvalue weighted by atomic mass is 9.89. The molecule has 1 fully saturated rings. The molecule has 41 heavy (non-hydrogen) atoms. The van der Waals surface area contributed by atoms with E-state index in [4.69, 9.17) is 24.8 Å². The highest BCUT2D eigenvalue weighted by molar-refractivity contribution is 7.89. The summed E-state index contributed by atoms with van der Waals surface area (Å²) in [7, 11) is -3.83. The highest BCUT2D eigenvalue weighted by Gasteiger charge is 2.38. The highest BCUT2D eigenvalue weighted by atomic mass is 32.2. The summed E-state index contributed by atoms with van der Waals surface area (Å²) in [6.45, 7) is 9.51. The molecule has 4 N–H and O–H groups in total. The Balaban J connectivity index is 0.000000587. The molecule has 1 aliphatic rings. The summed E-state index contributed by atoms with van der Waals surface area (Å²) in [5, 5.41) is 18.3. The quantitative estimate of drug-likeness (QED) is 0.289. The Morgan fingerprint density at radius 2 is 1.80 bits per heavy atom. The van der Waals surface area contributed by atoms with E-state index in [2.05, 4.69) is 41.4 Å². The van der Waals surface area contributed by atoms with Crippen LogP contribution in [0.5, 0.6) is 5.75 Å². The molecule has 224 valence electrons. The van der Waals surface area contributed by atoms with E-state index in [1.54, 1.807) is 6.07 Å². The van der Waals surface area contributed by atoms with Gasteiger partial charge in [-0.15, -0.1) is 11.3 Å². The van der Waals surface area contributed by atoms with Crippen LogP contribution in [0.1, 0.15) is 45.1 Å². The summed E-state index contributed by atoms with van der Waals surface area (Å²) < 4.78 is 61.2. The molecule has 0 radical (unpaired) electrons. The van der Waals surface area contributed by atoms with E-state index in [1.165, 1.54) is 55.0 Å². The van der Waals surface area contributed by atoms with E-state index >= 15 is 0 Å². The molecule has 4 rings (SSSR count). The number of nitrogens with one attached hydrogen (secondary N) is 1. The molecule has 0 bridgehead atoms. The predicted octanol–water partition coefficient (Wildman–Crippen LogP) is 5.82. The Kier molecular flexibility index (Phi) is 10.8. The third-order valence-corrected chi connectivity index (χ3v) is 8.01. The van der Waals surface area contributed by atoms with Crippen LogP contribution in [0.15, 0.2) is 52.7 Å². The van der Waals surface area contributed by atoms with Crippen LogP contribution in [-0.2, 0) is 14.8 Å². The van der Waals surface area contributed by atoms with Gasteiger partial charge in [-0.1, -0.05) is 31.2 Å². The van der Waals surface area contributed by atoms with Crippen molar-refractivity contribution < 1.29 is 36.2 Å². The van der Waals surface area contributed by atoms with Crippen LogP contribution in [-0.4, -0.2) is 61.3 Å². The number of nitrogens with zero attached hydrogens (tertiary/aromatic N) is 2. The Morgan fingerprint density at radius 1 is 1.20 bits per heavy atom. The van der Waals surface area contributed by atoms with Crippen molar-refractivity contribution in [2.24, 2.45) is 5.14 Å². The van der Waals surface area contributed by atoms with Crippen molar-refractivity contribution >= 4 is 38.1 Å². The number of anilines is 2. The monoisotopic (exact) mass is 614 g/mol. The Bertz CT molecular complexity index is 1420. The summed E-state index contributed by atoms with van der Waals surface area (Å²) in [6.07, 6.45) is -2.74. The van der Waals surface area contributed by atoms with Gasteiger partial charge in [0.05, 0.1) is 22.4 Å². The first-order valence-corrected chi connectivity index (χ1v) is 15.3. The molecule has 0 spiro atoms. The normalized spacial score (nSPS) is 14.8. The second-order valence-corrected chi connectivity index (χ2v) is 12.1. The Hall–Kier alpha value is -3.20. The fourth-order valence-electron chi connectivity index (χ4n) is 4.23. The molecule has 0 amide bonds. The molecule has 3 aromatic rings. The molecular weight excluding hydrogens is 581 g/mol. The van der Waals surface area contributed by atoms with Gasteiger partial charge in [-0.2, -0.15) is 13.2 Å². The number of aliphatic carboxylic acids is 1. The minimum atomic E-state index is -5.08. The largest absolute Gasteiger partial charge is 0.490 e. The summed E-state index contributed by atoms with van der Waals surface area (Å²) in [6, 6.07) is 13.2. The topological polar surface area (TPSA) is 135 Å². The van der Waals surface area contributed by atoms with Gasteiger partial charge in [-0.3, -0.25) is 0 Å². The summed E-state index contributed by atoms with van der Waals surface area (Å²) in [5.74, 6) is -1.60.